The quantitative estimate of drug-likeness (QED) is 0.668. The van der Waals surface area contributed by atoms with E-state index in [-0.39, 0.29) is 0 Å². The number of hydrogen-bond donors (Lipinski definition) is 1. The Morgan fingerprint density at radius 3 is 2.75 bits per heavy atom. The standard InChI is InChI=1S/C10H20BrN/c1-2-10(5-7-11)12-8-6-9-3-4-9/h9-10,12H,2-8H2,1H3. The summed E-state index contributed by atoms with van der Waals surface area (Å²) >= 11 is 3.48. The minimum atomic E-state index is 0.739. The normalized spacial score (nSPS) is 19.5. The van der Waals surface area contributed by atoms with Crippen molar-refractivity contribution in [2.45, 2.75) is 45.1 Å². The van der Waals surface area contributed by atoms with Gasteiger partial charge in [-0.15, -0.1) is 0 Å². The molecule has 1 aliphatic rings. The molecule has 0 saturated heterocycles. The largest absolute Gasteiger partial charge is 0.314 e. The molecule has 72 valence electrons. The van der Waals surface area contributed by atoms with Crippen LogP contribution in [-0.4, -0.2) is 17.9 Å². The maximum atomic E-state index is 3.61. The van der Waals surface area contributed by atoms with Crippen LogP contribution >= 0.6 is 15.9 Å². The number of rotatable bonds is 7. The SMILES string of the molecule is CCC(CCBr)NCCC1CC1. The van der Waals surface area contributed by atoms with Crippen LogP contribution in [0.15, 0.2) is 0 Å². The molecule has 0 radical (unpaired) electrons. The Morgan fingerprint density at radius 2 is 2.25 bits per heavy atom. The van der Waals surface area contributed by atoms with Crippen LogP contribution in [0, 0.1) is 5.92 Å². The van der Waals surface area contributed by atoms with E-state index in [4.69, 9.17) is 0 Å². The van der Waals surface area contributed by atoms with Gasteiger partial charge < -0.3 is 5.32 Å². The van der Waals surface area contributed by atoms with Gasteiger partial charge in [0.2, 0.25) is 0 Å². The maximum absolute atomic E-state index is 3.61. The van der Waals surface area contributed by atoms with Gasteiger partial charge in [-0.25, -0.2) is 0 Å². The molecule has 1 unspecified atom stereocenters. The predicted octanol–water partition coefficient (Wildman–Crippen LogP) is 2.94. The molecule has 0 aliphatic heterocycles. The fourth-order valence-electron chi connectivity index (χ4n) is 1.48. The molecule has 1 aliphatic carbocycles. The van der Waals surface area contributed by atoms with Crippen molar-refractivity contribution in [3.05, 3.63) is 0 Å². The van der Waals surface area contributed by atoms with Gasteiger partial charge in [0.25, 0.3) is 0 Å². The molecule has 1 N–H and O–H groups in total. The van der Waals surface area contributed by atoms with E-state index >= 15 is 0 Å². The molecule has 1 fully saturated rings. The molecule has 12 heavy (non-hydrogen) atoms. The van der Waals surface area contributed by atoms with E-state index in [2.05, 4.69) is 28.2 Å². The summed E-state index contributed by atoms with van der Waals surface area (Å²) in [4.78, 5) is 0. The van der Waals surface area contributed by atoms with Crippen molar-refractivity contribution in [1.82, 2.24) is 5.32 Å². The number of nitrogens with one attached hydrogen (secondary N) is 1. The summed E-state index contributed by atoms with van der Waals surface area (Å²) in [6.07, 6.45) is 6.89. The first-order valence-electron chi connectivity index (χ1n) is 5.16. The van der Waals surface area contributed by atoms with Crippen LogP contribution < -0.4 is 5.32 Å². The van der Waals surface area contributed by atoms with Crippen molar-refractivity contribution in [2.75, 3.05) is 11.9 Å². The Hall–Kier alpha value is 0.440. The second kappa shape index (κ2) is 5.98. The molecule has 0 aromatic carbocycles. The molecule has 1 saturated carbocycles. The van der Waals surface area contributed by atoms with Gasteiger partial charge in [-0.05, 0) is 31.7 Å². The van der Waals surface area contributed by atoms with Crippen LogP contribution in [0.4, 0.5) is 0 Å². The Bertz CT molecular complexity index is 112. The molecular weight excluding hydrogens is 214 g/mol. The van der Waals surface area contributed by atoms with Crippen molar-refractivity contribution < 1.29 is 0 Å². The minimum absolute atomic E-state index is 0.739. The van der Waals surface area contributed by atoms with E-state index < -0.39 is 0 Å². The van der Waals surface area contributed by atoms with Gasteiger partial charge in [0, 0.05) is 11.4 Å². The van der Waals surface area contributed by atoms with Gasteiger partial charge in [0.1, 0.15) is 0 Å². The average Bonchev–Trinajstić information content (AvgIpc) is 2.87. The van der Waals surface area contributed by atoms with Crippen molar-refractivity contribution in [2.24, 2.45) is 5.92 Å². The van der Waals surface area contributed by atoms with Gasteiger partial charge >= 0.3 is 0 Å². The van der Waals surface area contributed by atoms with Gasteiger partial charge in [-0.3, -0.25) is 0 Å². The third-order valence-corrected chi connectivity index (χ3v) is 3.09. The second-order valence-corrected chi connectivity index (χ2v) is 4.56. The van der Waals surface area contributed by atoms with E-state index in [1.807, 2.05) is 0 Å². The molecule has 1 nitrogen and oxygen atoms in total. The zero-order chi connectivity index (χ0) is 8.81. The van der Waals surface area contributed by atoms with E-state index in [1.54, 1.807) is 0 Å². The summed E-state index contributed by atoms with van der Waals surface area (Å²) in [5, 5.41) is 4.74. The predicted molar refractivity (Wildman–Crippen MR) is 57.8 cm³/mol. The highest BCUT2D eigenvalue weighted by Crippen LogP contribution is 2.31. The summed E-state index contributed by atoms with van der Waals surface area (Å²) in [5.74, 6) is 1.07. The third-order valence-electron chi connectivity index (χ3n) is 2.63. The zero-order valence-electron chi connectivity index (χ0n) is 7.98. The average molecular weight is 234 g/mol. The summed E-state index contributed by atoms with van der Waals surface area (Å²) in [7, 11) is 0. The Morgan fingerprint density at radius 1 is 1.50 bits per heavy atom. The fraction of sp³-hybridized carbons (Fsp3) is 1.00. The third kappa shape index (κ3) is 4.46. The Labute approximate surface area is 84.4 Å². The Kier molecular flexibility index (Phi) is 5.24. The monoisotopic (exact) mass is 233 g/mol. The molecule has 0 spiro atoms. The number of halogens is 1. The molecule has 0 heterocycles. The summed E-state index contributed by atoms with van der Waals surface area (Å²) in [6, 6.07) is 0.739. The topological polar surface area (TPSA) is 12.0 Å². The van der Waals surface area contributed by atoms with Crippen LogP contribution in [0.1, 0.15) is 39.0 Å². The van der Waals surface area contributed by atoms with Crippen molar-refractivity contribution >= 4 is 15.9 Å². The van der Waals surface area contributed by atoms with Gasteiger partial charge in [0.05, 0.1) is 0 Å². The first kappa shape index (κ1) is 10.5. The molecule has 1 rings (SSSR count). The number of alkyl halides is 1. The van der Waals surface area contributed by atoms with Crippen LogP contribution in [0.3, 0.4) is 0 Å². The van der Waals surface area contributed by atoms with E-state index in [9.17, 15) is 0 Å². The van der Waals surface area contributed by atoms with E-state index in [0.717, 1.165) is 17.3 Å². The highest BCUT2D eigenvalue weighted by molar-refractivity contribution is 9.09. The molecule has 0 bridgehead atoms. The van der Waals surface area contributed by atoms with Gasteiger partial charge in [-0.2, -0.15) is 0 Å². The maximum Gasteiger partial charge on any atom is 0.00723 e. The van der Waals surface area contributed by atoms with Crippen LogP contribution in [0.5, 0.6) is 0 Å². The lowest BCUT2D eigenvalue weighted by Gasteiger charge is -2.15. The molecular formula is C10H20BrN. The lowest BCUT2D eigenvalue weighted by atomic mass is 10.1. The second-order valence-electron chi connectivity index (χ2n) is 3.77. The summed E-state index contributed by atoms with van der Waals surface area (Å²) < 4.78 is 0. The zero-order valence-corrected chi connectivity index (χ0v) is 9.57. The molecule has 2 heteroatoms. The lowest BCUT2D eigenvalue weighted by molar-refractivity contribution is 0.473. The molecule has 0 aromatic heterocycles. The first-order valence-corrected chi connectivity index (χ1v) is 6.28. The number of hydrogen-bond acceptors (Lipinski definition) is 1. The molecule has 0 aromatic rings. The molecule has 1 atom stereocenters. The van der Waals surface area contributed by atoms with Gasteiger partial charge in [-0.1, -0.05) is 35.7 Å². The first-order chi connectivity index (χ1) is 5.86. The van der Waals surface area contributed by atoms with Crippen molar-refractivity contribution in [3.8, 4) is 0 Å². The fourth-order valence-corrected chi connectivity index (χ4v) is 2.03. The smallest absolute Gasteiger partial charge is 0.00723 e. The van der Waals surface area contributed by atoms with Crippen LogP contribution in [0.2, 0.25) is 0 Å². The van der Waals surface area contributed by atoms with E-state index in [1.165, 1.54) is 38.6 Å². The summed E-state index contributed by atoms with van der Waals surface area (Å²) in [6.45, 7) is 3.49. The lowest BCUT2D eigenvalue weighted by Crippen LogP contribution is -2.29. The highest BCUT2D eigenvalue weighted by atomic mass is 79.9. The van der Waals surface area contributed by atoms with Crippen LogP contribution in [-0.2, 0) is 0 Å². The van der Waals surface area contributed by atoms with E-state index in [0.29, 0.717) is 0 Å². The van der Waals surface area contributed by atoms with Gasteiger partial charge in [0.15, 0.2) is 0 Å². The van der Waals surface area contributed by atoms with Crippen LogP contribution in [0.25, 0.3) is 0 Å². The van der Waals surface area contributed by atoms with Crippen molar-refractivity contribution in [1.29, 1.82) is 0 Å². The van der Waals surface area contributed by atoms with Crippen molar-refractivity contribution in [3.63, 3.8) is 0 Å². The minimum Gasteiger partial charge on any atom is -0.314 e. The Balaban J connectivity index is 1.93. The summed E-state index contributed by atoms with van der Waals surface area (Å²) in [5.41, 5.74) is 0. The molecule has 0 amide bonds. The highest BCUT2D eigenvalue weighted by Gasteiger charge is 2.20.